The Hall–Kier alpha value is -2.35. The van der Waals surface area contributed by atoms with E-state index in [1.54, 1.807) is 0 Å². The van der Waals surface area contributed by atoms with Crippen molar-refractivity contribution >= 4 is 0 Å². The van der Waals surface area contributed by atoms with Gasteiger partial charge in [-0.3, -0.25) is 0 Å². The smallest absolute Gasteiger partial charge is 0.240 e. The van der Waals surface area contributed by atoms with Crippen molar-refractivity contribution in [2.75, 3.05) is 6.61 Å². The molecule has 1 aromatic heterocycles. The third-order valence-corrected chi connectivity index (χ3v) is 2.96. The third kappa shape index (κ3) is 1.93. The summed E-state index contributed by atoms with van der Waals surface area (Å²) in [5.74, 6) is 2.01. The van der Waals surface area contributed by atoms with Gasteiger partial charge in [-0.15, -0.1) is 0 Å². The second-order valence-electron chi connectivity index (χ2n) is 4.20. The van der Waals surface area contributed by atoms with E-state index in [1.165, 1.54) is 0 Å². The zero-order chi connectivity index (χ0) is 12.4. The highest BCUT2D eigenvalue weighted by atomic mass is 16.5. The highest BCUT2D eigenvalue weighted by molar-refractivity contribution is 5.36. The summed E-state index contributed by atoms with van der Waals surface area (Å²) in [5.41, 5.74) is 1.15. The van der Waals surface area contributed by atoms with E-state index in [1.807, 2.05) is 30.3 Å². The summed E-state index contributed by atoms with van der Waals surface area (Å²) in [7, 11) is 0. The molecule has 2 aromatic rings. The van der Waals surface area contributed by atoms with Crippen LogP contribution in [0.4, 0.5) is 0 Å². The van der Waals surface area contributed by atoms with Crippen LogP contribution in [-0.4, -0.2) is 16.7 Å². The summed E-state index contributed by atoms with van der Waals surface area (Å²) < 4.78 is 10.7. The number of ether oxygens (including phenoxy) is 1. The summed E-state index contributed by atoms with van der Waals surface area (Å²) >= 11 is 0. The molecule has 0 N–H and O–H groups in total. The van der Waals surface area contributed by atoms with Gasteiger partial charge in [0, 0.05) is 0 Å². The van der Waals surface area contributed by atoms with E-state index >= 15 is 0 Å². The molecule has 18 heavy (non-hydrogen) atoms. The van der Waals surface area contributed by atoms with Crippen molar-refractivity contribution in [2.45, 2.75) is 18.8 Å². The Morgan fingerprint density at radius 1 is 1.39 bits per heavy atom. The van der Waals surface area contributed by atoms with Crippen molar-refractivity contribution in [3.05, 3.63) is 41.5 Å². The standard InChI is InChI=1S/C13H11N3O2/c14-6-5-12-15-13(16-18-12)10-7-9-3-1-2-4-11(9)17-8-10/h1-4,10H,5,7-8H2. The van der Waals surface area contributed by atoms with Crippen molar-refractivity contribution in [1.29, 1.82) is 5.26 Å². The van der Waals surface area contributed by atoms with Crippen molar-refractivity contribution in [3.63, 3.8) is 0 Å². The lowest BCUT2D eigenvalue weighted by Crippen LogP contribution is -2.20. The molecule has 0 bridgehead atoms. The van der Waals surface area contributed by atoms with Crippen molar-refractivity contribution in [1.82, 2.24) is 10.1 Å². The van der Waals surface area contributed by atoms with Crippen molar-refractivity contribution in [2.24, 2.45) is 0 Å². The fourth-order valence-electron chi connectivity index (χ4n) is 2.07. The number of nitriles is 1. The second kappa shape index (κ2) is 4.49. The van der Waals surface area contributed by atoms with Gasteiger partial charge in [0.05, 0.1) is 18.6 Å². The fraction of sp³-hybridized carbons (Fsp3) is 0.308. The number of nitrogens with zero attached hydrogens (tertiary/aromatic N) is 3. The van der Waals surface area contributed by atoms with Crippen LogP contribution in [0, 0.1) is 11.3 Å². The van der Waals surface area contributed by atoms with Gasteiger partial charge >= 0.3 is 0 Å². The first-order chi connectivity index (χ1) is 8.86. The molecule has 1 unspecified atom stereocenters. The van der Waals surface area contributed by atoms with Gasteiger partial charge in [0.2, 0.25) is 5.89 Å². The van der Waals surface area contributed by atoms with E-state index in [0.29, 0.717) is 18.3 Å². The Labute approximate surface area is 104 Å². The molecule has 90 valence electrons. The van der Waals surface area contributed by atoms with E-state index < -0.39 is 0 Å². The SMILES string of the molecule is N#CCc1nc(C2COc3ccccc3C2)no1. The zero-order valence-electron chi connectivity index (χ0n) is 9.67. The van der Waals surface area contributed by atoms with E-state index in [2.05, 4.69) is 10.1 Å². The summed E-state index contributed by atoms with van der Waals surface area (Å²) in [4.78, 5) is 4.22. The van der Waals surface area contributed by atoms with Crippen LogP contribution in [0.15, 0.2) is 28.8 Å². The number of hydrogen-bond acceptors (Lipinski definition) is 5. The summed E-state index contributed by atoms with van der Waals surface area (Å²) in [6, 6.07) is 9.93. The van der Waals surface area contributed by atoms with E-state index in [4.69, 9.17) is 14.5 Å². The lowest BCUT2D eigenvalue weighted by Gasteiger charge is -2.22. The van der Waals surface area contributed by atoms with Gasteiger partial charge in [0.1, 0.15) is 12.2 Å². The van der Waals surface area contributed by atoms with Gasteiger partial charge in [-0.05, 0) is 18.1 Å². The molecule has 5 nitrogen and oxygen atoms in total. The molecule has 1 aliphatic heterocycles. The predicted molar refractivity (Wildman–Crippen MR) is 62.0 cm³/mol. The van der Waals surface area contributed by atoms with Gasteiger partial charge < -0.3 is 9.26 Å². The number of benzene rings is 1. The van der Waals surface area contributed by atoms with E-state index in [0.717, 1.165) is 17.7 Å². The Kier molecular flexibility index (Phi) is 2.69. The van der Waals surface area contributed by atoms with Crippen LogP contribution in [0.3, 0.4) is 0 Å². The minimum Gasteiger partial charge on any atom is -0.493 e. The Balaban J connectivity index is 1.81. The average molecular weight is 241 g/mol. The first-order valence-corrected chi connectivity index (χ1v) is 5.77. The largest absolute Gasteiger partial charge is 0.493 e. The number of aromatic nitrogens is 2. The molecular weight excluding hydrogens is 230 g/mol. The van der Waals surface area contributed by atoms with Gasteiger partial charge in [0.25, 0.3) is 0 Å². The third-order valence-electron chi connectivity index (χ3n) is 2.96. The minimum absolute atomic E-state index is 0.0936. The van der Waals surface area contributed by atoms with E-state index in [9.17, 15) is 0 Å². The predicted octanol–water partition coefficient (Wildman–Crippen LogP) is 1.85. The topological polar surface area (TPSA) is 71.9 Å². The van der Waals surface area contributed by atoms with Crippen LogP contribution >= 0.6 is 0 Å². The van der Waals surface area contributed by atoms with Crippen LogP contribution in [0.5, 0.6) is 5.75 Å². The number of hydrogen-bond donors (Lipinski definition) is 0. The fourth-order valence-corrected chi connectivity index (χ4v) is 2.07. The molecule has 0 amide bonds. The first-order valence-electron chi connectivity index (χ1n) is 5.77. The number of fused-ring (bicyclic) bond motifs is 1. The molecule has 0 saturated carbocycles. The van der Waals surface area contributed by atoms with Crippen molar-refractivity contribution in [3.8, 4) is 11.8 Å². The molecule has 0 aliphatic carbocycles. The monoisotopic (exact) mass is 241 g/mol. The first kappa shape index (κ1) is 10.8. The van der Waals surface area contributed by atoms with Crippen LogP contribution in [0.1, 0.15) is 23.2 Å². The minimum atomic E-state index is 0.0936. The molecule has 0 spiro atoms. The van der Waals surface area contributed by atoms with Crippen LogP contribution in [0.25, 0.3) is 0 Å². The van der Waals surface area contributed by atoms with Gasteiger partial charge in [-0.2, -0.15) is 10.2 Å². The number of para-hydroxylation sites is 1. The molecule has 3 rings (SSSR count). The highest BCUT2D eigenvalue weighted by Crippen LogP contribution is 2.30. The molecule has 1 aliphatic rings. The van der Waals surface area contributed by atoms with Crippen molar-refractivity contribution < 1.29 is 9.26 Å². The highest BCUT2D eigenvalue weighted by Gasteiger charge is 2.25. The molecule has 0 radical (unpaired) electrons. The molecule has 0 saturated heterocycles. The van der Waals surface area contributed by atoms with Gasteiger partial charge in [-0.1, -0.05) is 23.4 Å². The molecule has 2 heterocycles. The second-order valence-corrected chi connectivity index (χ2v) is 4.20. The Bertz CT molecular complexity index is 600. The Morgan fingerprint density at radius 2 is 2.28 bits per heavy atom. The maximum Gasteiger partial charge on any atom is 0.240 e. The summed E-state index contributed by atoms with van der Waals surface area (Å²) in [5, 5.41) is 12.5. The molecule has 0 fully saturated rings. The molecule has 1 atom stereocenters. The average Bonchev–Trinajstić information content (AvgIpc) is 2.87. The maximum atomic E-state index is 8.57. The van der Waals surface area contributed by atoms with Crippen LogP contribution in [-0.2, 0) is 12.8 Å². The zero-order valence-corrected chi connectivity index (χ0v) is 9.67. The quantitative estimate of drug-likeness (QED) is 0.802. The number of rotatable bonds is 2. The summed E-state index contributed by atoms with van der Waals surface area (Å²) in [6.45, 7) is 0.544. The van der Waals surface area contributed by atoms with Gasteiger partial charge in [-0.25, -0.2) is 0 Å². The van der Waals surface area contributed by atoms with Gasteiger partial charge in [0.15, 0.2) is 5.82 Å². The summed E-state index contributed by atoms with van der Waals surface area (Å²) in [6.07, 6.45) is 0.985. The van der Waals surface area contributed by atoms with E-state index in [-0.39, 0.29) is 12.3 Å². The normalized spacial score (nSPS) is 17.6. The van der Waals surface area contributed by atoms with Crippen LogP contribution in [0.2, 0.25) is 0 Å². The molecule has 5 heteroatoms. The molecular formula is C13H11N3O2. The lowest BCUT2D eigenvalue weighted by molar-refractivity contribution is 0.253. The maximum absolute atomic E-state index is 8.57. The molecule has 1 aromatic carbocycles. The Morgan fingerprint density at radius 3 is 3.17 bits per heavy atom. The lowest BCUT2D eigenvalue weighted by atomic mass is 9.96. The van der Waals surface area contributed by atoms with Crippen LogP contribution < -0.4 is 4.74 Å².